The van der Waals surface area contributed by atoms with Gasteiger partial charge in [0.2, 0.25) is 0 Å². The first kappa shape index (κ1) is 13.8. The maximum atomic E-state index is 10.5. The minimum Gasteiger partial charge on any atom is -1.00 e. The van der Waals surface area contributed by atoms with Crippen molar-refractivity contribution in [3.05, 3.63) is 24.8 Å². The van der Waals surface area contributed by atoms with Crippen LogP contribution in [-0.4, -0.2) is 11.9 Å². The third-order valence-corrected chi connectivity index (χ3v) is 0.708. The van der Waals surface area contributed by atoms with Gasteiger partial charge in [0.15, 0.2) is 0 Å². The fourth-order valence-electron chi connectivity index (χ4n) is 0.220. The Bertz CT molecular complexity index is 201. The standard InChI is InChI=1S/C7H8O3.K.H/c1-4-6(8)10-7(9)5(2)3;;/h4H,1-2H2,3H3;;/q;+1;-1. The summed E-state index contributed by atoms with van der Waals surface area (Å²) in [5.74, 6) is -1.47. The molecule has 0 heterocycles. The molecule has 0 N–H and O–H groups in total. The summed E-state index contributed by atoms with van der Waals surface area (Å²) in [5.41, 5.74) is 0.190. The summed E-state index contributed by atoms with van der Waals surface area (Å²) in [6, 6.07) is 0. The van der Waals surface area contributed by atoms with Crippen molar-refractivity contribution < 1.29 is 67.1 Å². The van der Waals surface area contributed by atoms with Crippen molar-refractivity contribution in [2.24, 2.45) is 0 Å². The molecule has 0 amide bonds. The molecule has 0 saturated heterocycles. The Kier molecular flexibility index (Phi) is 8.71. The molecule has 0 saturated carbocycles. The first-order valence-corrected chi connectivity index (χ1v) is 2.62. The molecular weight excluding hydrogens is 171 g/mol. The van der Waals surface area contributed by atoms with E-state index >= 15 is 0 Å². The molecular formula is C7H9KO3. The van der Waals surface area contributed by atoms with Crippen LogP contribution in [0.4, 0.5) is 0 Å². The van der Waals surface area contributed by atoms with E-state index in [2.05, 4.69) is 17.9 Å². The molecule has 0 spiro atoms. The van der Waals surface area contributed by atoms with Gasteiger partial charge in [0, 0.05) is 11.6 Å². The Morgan fingerprint density at radius 2 is 2.00 bits per heavy atom. The van der Waals surface area contributed by atoms with Gasteiger partial charge in [-0.05, 0) is 6.92 Å². The second-order valence-corrected chi connectivity index (χ2v) is 1.69. The largest absolute Gasteiger partial charge is 1.00 e. The van der Waals surface area contributed by atoms with Crippen molar-refractivity contribution in [2.45, 2.75) is 6.92 Å². The Balaban J connectivity index is -0.000000405. The third-order valence-electron chi connectivity index (χ3n) is 0.708. The van der Waals surface area contributed by atoms with Gasteiger partial charge in [-0.25, -0.2) is 9.59 Å². The summed E-state index contributed by atoms with van der Waals surface area (Å²) < 4.78 is 4.17. The van der Waals surface area contributed by atoms with Gasteiger partial charge in [0.1, 0.15) is 0 Å². The summed E-state index contributed by atoms with van der Waals surface area (Å²) in [6.45, 7) is 7.85. The Labute approximate surface area is 109 Å². The van der Waals surface area contributed by atoms with E-state index in [4.69, 9.17) is 0 Å². The summed E-state index contributed by atoms with van der Waals surface area (Å²) in [7, 11) is 0. The van der Waals surface area contributed by atoms with E-state index in [0.29, 0.717) is 0 Å². The molecule has 0 unspecified atom stereocenters. The molecule has 0 rings (SSSR count). The number of carbonyl (C=O) groups is 2. The predicted molar refractivity (Wildman–Crippen MR) is 37.2 cm³/mol. The van der Waals surface area contributed by atoms with Crippen LogP contribution in [0.5, 0.6) is 0 Å². The van der Waals surface area contributed by atoms with Crippen molar-refractivity contribution in [3.63, 3.8) is 0 Å². The number of carbonyl (C=O) groups excluding carboxylic acids is 2. The van der Waals surface area contributed by atoms with Gasteiger partial charge in [-0.3, -0.25) is 0 Å². The average molecular weight is 180 g/mol. The Morgan fingerprint density at radius 1 is 1.55 bits per heavy atom. The van der Waals surface area contributed by atoms with E-state index in [1.165, 1.54) is 6.92 Å². The maximum Gasteiger partial charge on any atom is 1.00 e. The SMILES string of the molecule is C=CC(=O)OC(=O)C(=C)C.[H-].[K+]. The molecule has 0 bridgehead atoms. The van der Waals surface area contributed by atoms with Gasteiger partial charge < -0.3 is 6.16 Å². The van der Waals surface area contributed by atoms with E-state index in [1.54, 1.807) is 0 Å². The number of ether oxygens (including phenoxy) is 1. The zero-order valence-electron chi connectivity index (χ0n) is 7.72. The summed E-state index contributed by atoms with van der Waals surface area (Å²) >= 11 is 0. The second-order valence-electron chi connectivity index (χ2n) is 1.69. The quantitative estimate of drug-likeness (QED) is 0.212. The van der Waals surface area contributed by atoms with Gasteiger partial charge >= 0.3 is 63.3 Å². The van der Waals surface area contributed by atoms with Crippen LogP contribution in [0.25, 0.3) is 0 Å². The predicted octanol–water partition coefficient (Wildman–Crippen LogP) is -2.07. The second kappa shape index (κ2) is 6.94. The summed E-state index contributed by atoms with van der Waals surface area (Å²) in [6.07, 6.45) is 0.918. The van der Waals surface area contributed by atoms with E-state index in [0.717, 1.165) is 6.08 Å². The molecule has 11 heavy (non-hydrogen) atoms. The monoisotopic (exact) mass is 180 g/mol. The molecule has 0 aromatic carbocycles. The van der Waals surface area contributed by atoms with E-state index in [1.807, 2.05) is 0 Å². The number of esters is 2. The first-order valence-electron chi connectivity index (χ1n) is 2.62. The molecule has 0 aromatic heterocycles. The molecule has 0 atom stereocenters. The van der Waals surface area contributed by atoms with Crippen molar-refractivity contribution in [2.75, 3.05) is 0 Å². The third kappa shape index (κ3) is 6.65. The molecule has 56 valence electrons. The summed E-state index contributed by atoms with van der Waals surface area (Å²) in [4.78, 5) is 20.8. The topological polar surface area (TPSA) is 43.4 Å². The van der Waals surface area contributed by atoms with Gasteiger partial charge in [-0.2, -0.15) is 0 Å². The number of hydrogen-bond donors (Lipinski definition) is 0. The molecule has 3 nitrogen and oxygen atoms in total. The fourth-order valence-corrected chi connectivity index (χ4v) is 0.220. The average Bonchev–Trinajstić information content (AvgIpc) is 1.87. The Hall–Kier alpha value is 0.256. The van der Waals surface area contributed by atoms with Crippen molar-refractivity contribution in [1.82, 2.24) is 0 Å². The van der Waals surface area contributed by atoms with Crippen LogP contribution in [0.2, 0.25) is 0 Å². The van der Waals surface area contributed by atoms with Gasteiger partial charge in [-0.15, -0.1) is 0 Å². The van der Waals surface area contributed by atoms with Crippen molar-refractivity contribution >= 4 is 11.9 Å². The van der Waals surface area contributed by atoms with Gasteiger partial charge in [0.25, 0.3) is 0 Å². The molecule has 0 aliphatic rings. The van der Waals surface area contributed by atoms with Crippen LogP contribution in [-0.2, 0) is 14.3 Å². The minimum atomic E-state index is -0.756. The van der Waals surface area contributed by atoms with Crippen LogP contribution in [0.1, 0.15) is 8.35 Å². The maximum absolute atomic E-state index is 10.5. The molecule has 0 radical (unpaired) electrons. The zero-order valence-corrected chi connectivity index (χ0v) is 9.84. The molecule has 0 aliphatic carbocycles. The summed E-state index contributed by atoms with van der Waals surface area (Å²) in [5, 5.41) is 0. The fraction of sp³-hybridized carbons (Fsp3) is 0.143. The molecule has 4 heteroatoms. The van der Waals surface area contributed by atoms with Gasteiger partial charge in [0.05, 0.1) is 0 Å². The van der Waals surface area contributed by atoms with Crippen LogP contribution < -0.4 is 51.4 Å². The first-order chi connectivity index (χ1) is 4.57. The normalized spacial score (nSPS) is 7.36. The Morgan fingerprint density at radius 3 is 2.27 bits per heavy atom. The van der Waals surface area contributed by atoms with Crippen LogP contribution in [0.15, 0.2) is 24.8 Å². The number of rotatable bonds is 2. The van der Waals surface area contributed by atoms with Crippen molar-refractivity contribution in [3.8, 4) is 0 Å². The van der Waals surface area contributed by atoms with E-state index in [9.17, 15) is 9.59 Å². The zero-order chi connectivity index (χ0) is 8.15. The van der Waals surface area contributed by atoms with Crippen molar-refractivity contribution in [1.29, 1.82) is 0 Å². The van der Waals surface area contributed by atoms with Crippen LogP contribution in [0, 0.1) is 0 Å². The molecule has 0 fully saturated rings. The van der Waals surface area contributed by atoms with E-state index in [-0.39, 0.29) is 58.4 Å². The number of hydrogen-bond acceptors (Lipinski definition) is 3. The van der Waals surface area contributed by atoms with Gasteiger partial charge in [-0.1, -0.05) is 13.2 Å². The molecule has 0 aliphatic heterocycles. The molecule has 0 aromatic rings. The van der Waals surface area contributed by atoms with E-state index < -0.39 is 11.9 Å². The minimum absolute atomic E-state index is 0. The van der Waals surface area contributed by atoms with Crippen LogP contribution >= 0.6 is 0 Å². The smallest absolute Gasteiger partial charge is 1.00 e. The van der Waals surface area contributed by atoms with Crippen LogP contribution in [0.3, 0.4) is 0 Å².